The number of benzene rings is 1. The molecule has 0 saturated heterocycles. The lowest BCUT2D eigenvalue weighted by Gasteiger charge is -2.24. The van der Waals surface area contributed by atoms with Gasteiger partial charge in [0.15, 0.2) is 0 Å². The first kappa shape index (κ1) is 12.2. The van der Waals surface area contributed by atoms with Crippen LogP contribution in [0.2, 0.25) is 0 Å². The Hall–Kier alpha value is -1.31. The molecule has 2 nitrogen and oxygen atoms in total. The normalized spacial score (nSPS) is 17.6. The van der Waals surface area contributed by atoms with Crippen LogP contribution in [0.1, 0.15) is 47.1 Å². The van der Waals surface area contributed by atoms with Crippen molar-refractivity contribution in [2.75, 3.05) is 0 Å². The molecular weight excluding hydrogens is 210 g/mol. The second kappa shape index (κ2) is 3.59. The van der Waals surface area contributed by atoms with Gasteiger partial charge in [0.1, 0.15) is 11.4 Å². The largest absolute Gasteiger partial charge is 0.488 e. The highest BCUT2D eigenvalue weighted by Gasteiger charge is 2.32. The fourth-order valence-corrected chi connectivity index (χ4v) is 2.05. The van der Waals surface area contributed by atoms with Crippen LogP contribution in [0.25, 0.3) is 0 Å². The van der Waals surface area contributed by atoms with Gasteiger partial charge in [0.25, 0.3) is 0 Å². The number of ether oxygens (including phenoxy) is 1. The monoisotopic (exact) mass is 231 g/mol. The maximum absolute atomic E-state index is 5.90. The highest BCUT2D eigenvalue weighted by molar-refractivity contribution is 5.99. The molecule has 17 heavy (non-hydrogen) atoms. The molecule has 0 aromatic heterocycles. The molecule has 1 aliphatic heterocycles. The van der Waals surface area contributed by atoms with Crippen molar-refractivity contribution in [3.8, 4) is 5.75 Å². The van der Waals surface area contributed by atoms with Crippen LogP contribution in [0.5, 0.6) is 5.75 Å². The van der Waals surface area contributed by atoms with E-state index in [1.165, 1.54) is 11.3 Å². The quantitative estimate of drug-likeness (QED) is 0.708. The van der Waals surface area contributed by atoms with Crippen molar-refractivity contribution >= 4 is 11.4 Å². The van der Waals surface area contributed by atoms with E-state index in [-0.39, 0.29) is 11.0 Å². The van der Waals surface area contributed by atoms with E-state index in [4.69, 9.17) is 4.74 Å². The average Bonchev–Trinajstić information content (AvgIpc) is 2.37. The van der Waals surface area contributed by atoms with Crippen LogP contribution < -0.4 is 4.74 Å². The second-order valence-electron chi connectivity index (χ2n) is 6.22. The van der Waals surface area contributed by atoms with Gasteiger partial charge in [-0.1, -0.05) is 13.8 Å². The minimum Gasteiger partial charge on any atom is -0.488 e. The van der Waals surface area contributed by atoms with Gasteiger partial charge in [-0.05, 0) is 51.5 Å². The van der Waals surface area contributed by atoms with Gasteiger partial charge in [-0.3, -0.25) is 4.99 Å². The predicted molar refractivity (Wildman–Crippen MR) is 72.6 cm³/mol. The maximum Gasteiger partial charge on any atom is 0.120 e. The molecule has 0 N–H and O–H groups in total. The van der Waals surface area contributed by atoms with Crippen molar-refractivity contribution in [2.24, 2.45) is 4.99 Å². The SMILES string of the molecule is CC1=Nc2ccc(OC(C)(C)C)cc2C1(C)C. The molecule has 1 aliphatic rings. The Morgan fingerprint density at radius 1 is 1.18 bits per heavy atom. The Bertz CT molecular complexity index is 478. The van der Waals surface area contributed by atoms with Crippen molar-refractivity contribution in [1.29, 1.82) is 0 Å². The van der Waals surface area contributed by atoms with Crippen molar-refractivity contribution in [2.45, 2.75) is 52.6 Å². The number of hydrogen-bond acceptors (Lipinski definition) is 2. The van der Waals surface area contributed by atoms with Gasteiger partial charge in [0.05, 0.1) is 5.69 Å². The van der Waals surface area contributed by atoms with E-state index in [0.717, 1.165) is 11.4 Å². The van der Waals surface area contributed by atoms with Crippen molar-refractivity contribution < 1.29 is 4.74 Å². The lowest BCUT2D eigenvalue weighted by molar-refractivity contribution is 0.131. The molecule has 0 saturated carbocycles. The summed E-state index contributed by atoms with van der Waals surface area (Å²) in [5.74, 6) is 0.925. The van der Waals surface area contributed by atoms with Crippen molar-refractivity contribution in [1.82, 2.24) is 0 Å². The van der Waals surface area contributed by atoms with E-state index in [0.29, 0.717) is 0 Å². The van der Waals surface area contributed by atoms with Crippen LogP contribution >= 0.6 is 0 Å². The highest BCUT2D eigenvalue weighted by atomic mass is 16.5. The van der Waals surface area contributed by atoms with Gasteiger partial charge in [-0.25, -0.2) is 0 Å². The van der Waals surface area contributed by atoms with E-state index in [2.05, 4.69) is 58.7 Å². The molecule has 0 fully saturated rings. The summed E-state index contributed by atoms with van der Waals surface area (Å²) in [7, 11) is 0. The Morgan fingerprint density at radius 3 is 2.41 bits per heavy atom. The standard InChI is InChI=1S/C15H21NO/c1-10-15(5,6)12-9-11(17-14(2,3)4)7-8-13(12)16-10/h7-9H,1-6H3. The average molecular weight is 231 g/mol. The minimum absolute atomic E-state index is 0.0204. The van der Waals surface area contributed by atoms with Crippen LogP contribution in [0, 0.1) is 0 Å². The van der Waals surface area contributed by atoms with Crippen LogP contribution in [-0.4, -0.2) is 11.3 Å². The lowest BCUT2D eigenvalue weighted by atomic mass is 9.82. The zero-order valence-electron chi connectivity index (χ0n) is 11.6. The fraction of sp³-hybridized carbons (Fsp3) is 0.533. The summed E-state index contributed by atoms with van der Waals surface area (Å²) in [5.41, 5.74) is 3.37. The van der Waals surface area contributed by atoms with E-state index in [1.54, 1.807) is 0 Å². The van der Waals surface area contributed by atoms with Crippen LogP contribution in [0.4, 0.5) is 5.69 Å². The summed E-state index contributed by atoms with van der Waals surface area (Å²) in [5, 5.41) is 0. The summed E-state index contributed by atoms with van der Waals surface area (Å²) in [6.07, 6.45) is 0. The Balaban J connectivity index is 2.39. The van der Waals surface area contributed by atoms with E-state index in [9.17, 15) is 0 Å². The molecule has 2 heteroatoms. The first-order chi connectivity index (χ1) is 7.70. The molecule has 1 aromatic rings. The minimum atomic E-state index is -0.160. The Morgan fingerprint density at radius 2 is 1.82 bits per heavy atom. The van der Waals surface area contributed by atoms with Gasteiger partial charge in [-0.2, -0.15) is 0 Å². The molecule has 0 unspecified atom stereocenters. The molecule has 2 rings (SSSR count). The summed E-state index contributed by atoms with van der Waals surface area (Å²) < 4.78 is 5.90. The number of aliphatic imine (C=N–C) groups is 1. The topological polar surface area (TPSA) is 21.6 Å². The highest BCUT2D eigenvalue weighted by Crippen LogP contribution is 2.41. The van der Waals surface area contributed by atoms with Crippen LogP contribution in [0.15, 0.2) is 23.2 Å². The molecule has 0 radical (unpaired) electrons. The Kier molecular flexibility index (Phi) is 2.57. The number of hydrogen-bond donors (Lipinski definition) is 0. The molecule has 0 amide bonds. The predicted octanol–water partition coefficient (Wildman–Crippen LogP) is 4.25. The molecule has 92 valence electrons. The third-order valence-electron chi connectivity index (χ3n) is 3.26. The van der Waals surface area contributed by atoms with Crippen LogP contribution in [0.3, 0.4) is 0 Å². The number of nitrogens with zero attached hydrogens (tertiary/aromatic N) is 1. The second-order valence-corrected chi connectivity index (χ2v) is 6.22. The fourth-order valence-electron chi connectivity index (χ4n) is 2.05. The molecule has 0 bridgehead atoms. The zero-order chi connectivity index (χ0) is 12.8. The molecule has 1 heterocycles. The molecule has 1 aromatic carbocycles. The molecule has 0 atom stereocenters. The van der Waals surface area contributed by atoms with Crippen molar-refractivity contribution in [3.63, 3.8) is 0 Å². The zero-order valence-corrected chi connectivity index (χ0v) is 11.6. The van der Waals surface area contributed by atoms with Gasteiger partial charge in [0, 0.05) is 11.1 Å². The lowest BCUT2D eigenvalue weighted by Crippen LogP contribution is -2.24. The van der Waals surface area contributed by atoms with Crippen molar-refractivity contribution in [3.05, 3.63) is 23.8 Å². The third-order valence-corrected chi connectivity index (χ3v) is 3.26. The number of rotatable bonds is 1. The van der Waals surface area contributed by atoms with E-state index >= 15 is 0 Å². The summed E-state index contributed by atoms with van der Waals surface area (Å²) in [4.78, 5) is 4.60. The summed E-state index contributed by atoms with van der Waals surface area (Å²) in [6.45, 7) is 12.7. The summed E-state index contributed by atoms with van der Waals surface area (Å²) in [6, 6.07) is 6.18. The van der Waals surface area contributed by atoms with Gasteiger partial charge >= 0.3 is 0 Å². The molecular formula is C15H21NO. The smallest absolute Gasteiger partial charge is 0.120 e. The van der Waals surface area contributed by atoms with E-state index in [1.807, 2.05) is 6.07 Å². The maximum atomic E-state index is 5.90. The summed E-state index contributed by atoms with van der Waals surface area (Å²) >= 11 is 0. The van der Waals surface area contributed by atoms with Gasteiger partial charge in [0.2, 0.25) is 0 Å². The molecule has 0 spiro atoms. The first-order valence-electron chi connectivity index (χ1n) is 6.09. The van der Waals surface area contributed by atoms with Gasteiger partial charge < -0.3 is 4.74 Å². The Labute approximate surface area is 104 Å². The van der Waals surface area contributed by atoms with Gasteiger partial charge in [-0.15, -0.1) is 0 Å². The van der Waals surface area contributed by atoms with E-state index < -0.39 is 0 Å². The number of fused-ring (bicyclic) bond motifs is 1. The third kappa shape index (κ3) is 2.21. The van der Waals surface area contributed by atoms with Crippen LogP contribution in [-0.2, 0) is 5.41 Å². The first-order valence-corrected chi connectivity index (χ1v) is 6.09. The molecule has 0 aliphatic carbocycles.